The van der Waals surface area contributed by atoms with Gasteiger partial charge in [0.15, 0.2) is 0 Å². The average Bonchev–Trinajstić information content (AvgIpc) is 1.92. The number of rotatable bonds is 1. The van der Waals surface area contributed by atoms with Crippen molar-refractivity contribution < 1.29 is 33.3 Å². The van der Waals surface area contributed by atoms with E-state index in [1.807, 2.05) is 13.8 Å². The van der Waals surface area contributed by atoms with Crippen LogP contribution in [0.5, 0.6) is 0 Å². The van der Waals surface area contributed by atoms with Crippen molar-refractivity contribution in [3.8, 4) is 0 Å². The minimum Gasteiger partial charge on any atom is -0.222 e. The van der Waals surface area contributed by atoms with E-state index in [0.29, 0.717) is 5.41 Å². The van der Waals surface area contributed by atoms with E-state index >= 15 is 0 Å². The van der Waals surface area contributed by atoms with Crippen molar-refractivity contribution in [3.63, 3.8) is 0 Å². The number of halogens is 1. The van der Waals surface area contributed by atoms with E-state index in [0.717, 1.165) is 17.9 Å². The van der Waals surface area contributed by atoms with Crippen molar-refractivity contribution in [2.45, 2.75) is 41.0 Å². The Hall–Kier alpha value is -0.720. The third kappa shape index (κ3) is 11.8. The van der Waals surface area contributed by atoms with E-state index in [-0.39, 0.29) is 0 Å². The lowest BCUT2D eigenvalue weighted by atomic mass is 9.88. The van der Waals surface area contributed by atoms with Gasteiger partial charge in [-0.1, -0.05) is 20.8 Å². The fraction of sp³-hybridized carbons (Fsp3) is 0.583. The van der Waals surface area contributed by atoms with Crippen LogP contribution >= 0.6 is 0 Å². The molecule has 0 aliphatic carbocycles. The lowest BCUT2D eigenvalue weighted by molar-refractivity contribution is -2.00. The summed E-state index contributed by atoms with van der Waals surface area (Å²) in [5.41, 5.74) is 1.72. The molecule has 1 rings (SSSR count). The summed E-state index contributed by atoms with van der Waals surface area (Å²) in [7, 11) is -4.94. The first-order valence-electron chi connectivity index (χ1n) is 5.39. The quantitative estimate of drug-likeness (QED) is 0.614. The molecule has 0 aliphatic rings. The van der Waals surface area contributed by atoms with Gasteiger partial charge in [-0.05, 0) is 17.4 Å². The monoisotopic (exact) mass is 278 g/mol. The van der Waals surface area contributed by atoms with Gasteiger partial charge in [0.1, 0.15) is 0 Å². The van der Waals surface area contributed by atoms with Gasteiger partial charge in [0, 0.05) is 12.1 Å². The second-order valence-corrected chi connectivity index (χ2v) is 6.06. The van der Waals surface area contributed by atoms with Crippen molar-refractivity contribution >= 4 is 0 Å². The first-order valence-corrected chi connectivity index (χ1v) is 6.62. The van der Waals surface area contributed by atoms with Gasteiger partial charge in [0.2, 0.25) is 0 Å². The molecule has 104 valence electrons. The molecule has 6 heteroatoms. The summed E-state index contributed by atoms with van der Waals surface area (Å²) in [5, 5.41) is 0. The number of aryl methyl sites for hydroxylation is 2. The maximum absolute atomic E-state index is 8.49. The predicted molar refractivity (Wildman–Crippen MR) is 55.7 cm³/mol. The smallest absolute Gasteiger partial charge is 0.222 e. The SMILES string of the molecule is Cc1cc(CC(C)(C)C)cc(C)[o+]1.[O-][Cl+3]([O-])([O-])[O-]. The standard InChI is InChI=1S/C12H19O.ClHO4/c1-9-6-11(7-10(2)13-9)8-12(3,4)5;2-1(3,4)5/h6-7H,8H2,1-5H3;(H,2,3,4,5)/q+1;/p-1. The third-order valence-corrected chi connectivity index (χ3v) is 1.83. The molecule has 0 saturated carbocycles. The largest absolute Gasteiger partial charge is 0.326 e. The fourth-order valence-electron chi connectivity index (χ4n) is 1.59. The first-order chi connectivity index (χ1) is 7.87. The molecular weight excluding hydrogens is 260 g/mol. The van der Waals surface area contributed by atoms with E-state index in [9.17, 15) is 0 Å². The minimum absolute atomic E-state index is 0.347. The van der Waals surface area contributed by atoms with Gasteiger partial charge < -0.3 is 0 Å². The maximum Gasteiger partial charge on any atom is 0.326 e. The molecule has 0 spiro atoms. The van der Waals surface area contributed by atoms with E-state index in [2.05, 4.69) is 32.9 Å². The second kappa shape index (κ2) is 6.45. The van der Waals surface area contributed by atoms with Crippen LogP contribution < -0.4 is 18.6 Å². The molecule has 0 aromatic carbocycles. The topological polar surface area (TPSA) is 104 Å². The van der Waals surface area contributed by atoms with Crippen molar-refractivity contribution in [1.82, 2.24) is 0 Å². The van der Waals surface area contributed by atoms with E-state index in [1.54, 1.807) is 0 Å². The van der Waals surface area contributed by atoms with Gasteiger partial charge >= 0.3 is 11.5 Å². The van der Waals surface area contributed by atoms with Crippen LogP contribution in [0.3, 0.4) is 0 Å². The average molecular weight is 279 g/mol. The van der Waals surface area contributed by atoms with Crippen LogP contribution in [0.25, 0.3) is 0 Å². The maximum atomic E-state index is 8.49. The lowest BCUT2D eigenvalue weighted by Crippen LogP contribution is -2.68. The molecular formula is C12H19ClO5. The van der Waals surface area contributed by atoms with Gasteiger partial charge in [0.05, 0.1) is 13.8 Å². The van der Waals surface area contributed by atoms with Crippen molar-refractivity contribution in [2.75, 3.05) is 0 Å². The Balaban J connectivity index is 0.000000494. The molecule has 1 heterocycles. The molecule has 5 nitrogen and oxygen atoms in total. The summed E-state index contributed by atoms with van der Waals surface area (Å²) in [4.78, 5) is 0. The zero-order valence-corrected chi connectivity index (χ0v) is 12.0. The van der Waals surface area contributed by atoms with Crippen molar-refractivity contribution in [1.29, 1.82) is 0 Å². The molecule has 0 radical (unpaired) electrons. The van der Waals surface area contributed by atoms with Crippen LogP contribution in [0.4, 0.5) is 0 Å². The Labute approximate surface area is 109 Å². The highest BCUT2D eigenvalue weighted by Gasteiger charge is 2.15. The molecule has 1 aromatic heterocycles. The van der Waals surface area contributed by atoms with Gasteiger partial charge in [-0.25, -0.2) is 23.1 Å². The van der Waals surface area contributed by atoms with Crippen LogP contribution in [-0.2, 0) is 6.42 Å². The highest BCUT2D eigenvalue weighted by atomic mass is 35.7. The highest BCUT2D eigenvalue weighted by molar-refractivity contribution is 5.18. The number of hydrogen-bond donors (Lipinski definition) is 0. The first kappa shape index (κ1) is 17.3. The normalized spacial score (nSPS) is 11.8. The number of hydrogen-bond acceptors (Lipinski definition) is 4. The lowest BCUT2D eigenvalue weighted by Gasteiger charge is -2.17. The van der Waals surface area contributed by atoms with Gasteiger partial charge in [0.25, 0.3) is 0 Å². The molecule has 0 atom stereocenters. The summed E-state index contributed by atoms with van der Waals surface area (Å²) >= 11 is 0. The molecule has 0 aliphatic heterocycles. The Bertz CT molecular complexity index is 353. The molecule has 0 fully saturated rings. The predicted octanol–water partition coefficient (Wildman–Crippen LogP) is -0.990. The molecule has 0 amide bonds. The van der Waals surface area contributed by atoms with Crippen molar-refractivity contribution in [2.24, 2.45) is 5.41 Å². The zero-order valence-electron chi connectivity index (χ0n) is 11.3. The summed E-state index contributed by atoms with van der Waals surface area (Å²) in [6.45, 7) is 10.8. The Kier molecular flexibility index (Phi) is 6.19. The summed E-state index contributed by atoms with van der Waals surface area (Å²) in [6, 6.07) is 4.25. The molecule has 0 saturated heterocycles. The van der Waals surface area contributed by atoms with E-state index in [4.69, 9.17) is 23.1 Å². The van der Waals surface area contributed by atoms with Crippen LogP contribution in [0, 0.1) is 29.5 Å². The zero-order chi connectivity index (χ0) is 14.6. The van der Waals surface area contributed by atoms with Gasteiger partial charge in [-0.3, -0.25) is 0 Å². The second-order valence-electron chi connectivity index (χ2n) is 5.30. The Morgan fingerprint density at radius 1 is 1.00 bits per heavy atom. The fourth-order valence-corrected chi connectivity index (χ4v) is 1.59. The highest BCUT2D eigenvalue weighted by Crippen LogP contribution is 2.21. The molecule has 0 unspecified atom stereocenters. The summed E-state index contributed by atoms with van der Waals surface area (Å²) in [6.07, 6.45) is 1.10. The third-order valence-electron chi connectivity index (χ3n) is 1.83. The van der Waals surface area contributed by atoms with Gasteiger partial charge in [-0.15, -0.1) is 10.2 Å². The Morgan fingerprint density at radius 3 is 1.61 bits per heavy atom. The minimum atomic E-state index is -4.94. The Morgan fingerprint density at radius 2 is 1.33 bits per heavy atom. The molecule has 0 bridgehead atoms. The molecule has 1 aromatic rings. The van der Waals surface area contributed by atoms with Crippen molar-refractivity contribution in [3.05, 3.63) is 29.2 Å². The van der Waals surface area contributed by atoms with E-state index < -0.39 is 10.2 Å². The molecule has 18 heavy (non-hydrogen) atoms. The van der Waals surface area contributed by atoms with Gasteiger partial charge in [-0.2, -0.15) is 0 Å². The van der Waals surface area contributed by atoms with Crippen LogP contribution in [0.15, 0.2) is 16.5 Å². The van der Waals surface area contributed by atoms with Crippen LogP contribution in [0.1, 0.15) is 37.9 Å². The summed E-state index contributed by atoms with van der Waals surface area (Å²) < 4.78 is 39.4. The molecule has 0 N–H and O–H groups in total. The summed E-state index contributed by atoms with van der Waals surface area (Å²) in [5.74, 6) is 2.00. The van der Waals surface area contributed by atoms with Crippen LogP contribution in [0.2, 0.25) is 0 Å². The van der Waals surface area contributed by atoms with Crippen LogP contribution in [-0.4, -0.2) is 0 Å². The van der Waals surface area contributed by atoms with E-state index in [1.165, 1.54) is 5.56 Å².